The smallest absolute Gasteiger partial charge is 0.262 e. The lowest BCUT2D eigenvalue weighted by Gasteiger charge is -2.16. The number of ether oxygens (including phenoxy) is 1. The maximum Gasteiger partial charge on any atom is 0.262 e. The minimum Gasteiger partial charge on any atom is -0.495 e. The summed E-state index contributed by atoms with van der Waals surface area (Å²) in [5.41, 5.74) is 0.996. The second-order valence-electron chi connectivity index (χ2n) is 6.05. The number of hydrogen-bond acceptors (Lipinski definition) is 5. The number of thioether (sulfide) groups is 1. The number of benzene rings is 2. The van der Waals surface area contributed by atoms with E-state index < -0.39 is 5.25 Å². The summed E-state index contributed by atoms with van der Waals surface area (Å²) in [5.74, 6) is 0.278. The zero-order valence-electron chi connectivity index (χ0n) is 15.7. The monoisotopic (exact) mass is 417 g/mol. The topological polar surface area (TPSA) is 73.2 Å². The number of fused-ring (bicyclic) bond motifs is 1. The van der Waals surface area contributed by atoms with Gasteiger partial charge in [-0.05, 0) is 44.2 Å². The Kier molecular flexibility index (Phi) is 6.26. The number of para-hydroxylation sites is 1. The summed E-state index contributed by atoms with van der Waals surface area (Å²) < 4.78 is 6.84. The van der Waals surface area contributed by atoms with Gasteiger partial charge in [0.15, 0.2) is 5.16 Å². The minimum atomic E-state index is -0.491. The Morgan fingerprint density at radius 1 is 1.32 bits per heavy atom. The van der Waals surface area contributed by atoms with Gasteiger partial charge in [-0.15, -0.1) is 0 Å². The van der Waals surface area contributed by atoms with Crippen molar-refractivity contribution in [2.24, 2.45) is 0 Å². The molecular weight excluding hydrogens is 398 g/mol. The van der Waals surface area contributed by atoms with Gasteiger partial charge < -0.3 is 10.1 Å². The van der Waals surface area contributed by atoms with E-state index in [-0.39, 0.29) is 11.5 Å². The summed E-state index contributed by atoms with van der Waals surface area (Å²) in [7, 11) is 1.52. The van der Waals surface area contributed by atoms with Crippen molar-refractivity contribution in [3.63, 3.8) is 0 Å². The average Bonchev–Trinajstić information content (AvgIpc) is 2.68. The summed E-state index contributed by atoms with van der Waals surface area (Å²) >= 11 is 7.25. The van der Waals surface area contributed by atoms with Gasteiger partial charge in [-0.3, -0.25) is 14.2 Å². The molecule has 0 aliphatic heterocycles. The molecule has 8 heteroatoms. The van der Waals surface area contributed by atoms with Crippen molar-refractivity contribution in [1.29, 1.82) is 0 Å². The van der Waals surface area contributed by atoms with Crippen molar-refractivity contribution in [2.45, 2.75) is 30.8 Å². The first kappa shape index (κ1) is 20.2. The van der Waals surface area contributed by atoms with Crippen LogP contribution in [0.5, 0.6) is 5.75 Å². The van der Waals surface area contributed by atoms with E-state index >= 15 is 0 Å². The molecule has 3 aromatic rings. The molecule has 6 nitrogen and oxygen atoms in total. The van der Waals surface area contributed by atoms with Crippen molar-refractivity contribution in [3.05, 3.63) is 57.8 Å². The molecule has 0 saturated carbocycles. The van der Waals surface area contributed by atoms with Gasteiger partial charge in [-0.2, -0.15) is 0 Å². The fraction of sp³-hybridized carbons (Fsp3) is 0.250. The first-order valence-electron chi connectivity index (χ1n) is 8.75. The molecule has 0 bridgehead atoms. The summed E-state index contributed by atoms with van der Waals surface area (Å²) in [4.78, 5) is 30.0. The molecule has 146 valence electrons. The van der Waals surface area contributed by atoms with E-state index in [0.29, 0.717) is 39.1 Å². The van der Waals surface area contributed by atoms with Crippen molar-refractivity contribution < 1.29 is 9.53 Å². The number of nitrogens with zero attached hydrogens (tertiary/aromatic N) is 2. The Morgan fingerprint density at radius 2 is 2.07 bits per heavy atom. The molecule has 1 atom stereocenters. The molecule has 0 aliphatic rings. The first-order chi connectivity index (χ1) is 13.4. The van der Waals surface area contributed by atoms with Gasteiger partial charge in [-0.25, -0.2) is 4.98 Å². The maximum atomic E-state index is 12.7. The highest BCUT2D eigenvalue weighted by Gasteiger charge is 2.20. The number of hydrogen-bond donors (Lipinski definition) is 1. The molecule has 1 amide bonds. The van der Waals surface area contributed by atoms with E-state index in [2.05, 4.69) is 10.3 Å². The van der Waals surface area contributed by atoms with Gasteiger partial charge in [0.2, 0.25) is 5.91 Å². The number of carbonyl (C=O) groups excluding carboxylic acids is 1. The van der Waals surface area contributed by atoms with Crippen LogP contribution >= 0.6 is 23.4 Å². The van der Waals surface area contributed by atoms with Crippen LogP contribution in [0.25, 0.3) is 10.9 Å². The molecule has 0 spiro atoms. The van der Waals surface area contributed by atoms with E-state index in [1.807, 2.05) is 19.1 Å². The van der Waals surface area contributed by atoms with Crippen LogP contribution in [-0.2, 0) is 11.3 Å². The van der Waals surface area contributed by atoms with Gasteiger partial charge in [0.25, 0.3) is 5.56 Å². The number of rotatable bonds is 6. The van der Waals surface area contributed by atoms with Gasteiger partial charge in [0.1, 0.15) is 5.75 Å². The van der Waals surface area contributed by atoms with E-state index in [1.165, 1.54) is 18.9 Å². The van der Waals surface area contributed by atoms with Crippen LogP contribution in [-0.4, -0.2) is 27.8 Å². The fourth-order valence-electron chi connectivity index (χ4n) is 2.74. The number of nitrogens with one attached hydrogen (secondary N) is 1. The second kappa shape index (κ2) is 8.67. The van der Waals surface area contributed by atoms with E-state index in [9.17, 15) is 9.59 Å². The van der Waals surface area contributed by atoms with Crippen LogP contribution in [0.3, 0.4) is 0 Å². The minimum absolute atomic E-state index is 0.111. The molecule has 28 heavy (non-hydrogen) atoms. The zero-order valence-corrected chi connectivity index (χ0v) is 17.3. The molecule has 0 radical (unpaired) electrons. The van der Waals surface area contributed by atoms with Crippen LogP contribution in [0.15, 0.2) is 52.4 Å². The van der Waals surface area contributed by atoms with Crippen LogP contribution < -0.4 is 15.6 Å². The summed E-state index contributed by atoms with van der Waals surface area (Å²) in [5, 5.41) is 3.90. The van der Waals surface area contributed by atoms with Crippen molar-refractivity contribution in [3.8, 4) is 5.75 Å². The van der Waals surface area contributed by atoms with Crippen LogP contribution in [0.4, 0.5) is 5.69 Å². The Balaban J connectivity index is 1.86. The molecule has 1 N–H and O–H groups in total. The molecule has 1 heterocycles. The summed E-state index contributed by atoms with van der Waals surface area (Å²) in [6.45, 7) is 4.11. The lowest BCUT2D eigenvalue weighted by molar-refractivity contribution is -0.115. The SMILES string of the molecule is CCn1c(S[C@H](C)C(=O)Nc2cc(Cl)ccc2OC)nc2ccccc2c1=O. The average molecular weight is 418 g/mol. The van der Waals surface area contributed by atoms with E-state index in [0.717, 1.165) is 0 Å². The highest BCUT2D eigenvalue weighted by molar-refractivity contribution is 8.00. The molecule has 0 saturated heterocycles. The largest absolute Gasteiger partial charge is 0.495 e. The summed E-state index contributed by atoms with van der Waals surface area (Å²) in [6.07, 6.45) is 0. The summed E-state index contributed by atoms with van der Waals surface area (Å²) in [6, 6.07) is 12.2. The van der Waals surface area contributed by atoms with Gasteiger partial charge in [0, 0.05) is 11.6 Å². The van der Waals surface area contributed by atoms with Crippen LogP contribution in [0.1, 0.15) is 13.8 Å². The number of anilines is 1. The number of aromatic nitrogens is 2. The first-order valence-corrected chi connectivity index (χ1v) is 10.0. The number of methoxy groups -OCH3 is 1. The van der Waals surface area contributed by atoms with Gasteiger partial charge in [0.05, 0.1) is 29.0 Å². The second-order valence-corrected chi connectivity index (χ2v) is 7.80. The van der Waals surface area contributed by atoms with E-state index in [4.69, 9.17) is 16.3 Å². The Morgan fingerprint density at radius 3 is 2.79 bits per heavy atom. The zero-order chi connectivity index (χ0) is 20.3. The molecule has 0 aliphatic carbocycles. The Hall–Kier alpha value is -2.51. The quantitative estimate of drug-likeness (QED) is 0.480. The van der Waals surface area contributed by atoms with Crippen LogP contribution in [0.2, 0.25) is 5.02 Å². The molecule has 1 aromatic heterocycles. The number of carbonyl (C=O) groups is 1. The normalized spacial score (nSPS) is 12.0. The highest BCUT2D eigenvalue weighted by Crippen LogP contribution is 2.29. The van der Waals surface area contributed by atoms with Gasteiger partial charge in [-0.1, -0.05) is 35.5 Å². The highest BCUT2D eigenvalue weighted by atomic mass is 35.5. The predicted molar refractivity (Wildman–Crippen MR) is 114 cm³/mol. The standard InChI is InChI=1S/C20H20ClN3O3S/c1-4-24-19(26)14-7-5-6-8-15(14)23-20(24)28-12(2)18(25)22-16-11-13(21)9-10-17(16)27-3/h5-12H,4H2,1-3H3,(H,22,25)/t12-/m1/s1. The number of halogens is 1. The maximum absolute atomic E-state index is 12.7. The molecule has 3 rings (SSSR count). The fourth-order valence-corrected chi connectivity index (χ4v) is 3.88. The molecular formula is C20H20ClN3O3S. The lowest BCUT2D eigenvalue weighted by atomic mass is 10.2. The Labute approximate surface area is 171 Å². The molecule has 0 fully saturated rings. The van der Waals surface area contributed by atoms with Gasteiger partial charge >= 0.3 is 0 Å². The third-order valence-corrected chi connectivity index (χ3v) is 5.54. The van der Waals surface area contributed by atoms with Crippen molar-refractivity contribution >= 4 is 45.9 Å². The van der Waals surface area contributed by atoms with Crippen molar-refractivity contribution in [1.82, 2.24) is 9.55 Å². The molecule has 2 aromatic carbocycles. The lowest BCUT2D eigenvalue weighted by Crippen LogP contribution is -2.26. The Bertz CT molecular complexity index is 1080. The molecule has 0 unspecified atom stereocenters. The number of amides is 1. The van der Waals surface area contributed by atoms with E-state index in [1.54, 1.807) is 41.8 Å². The predicted octanol–water partition coefficient (Wildman–Crippen LogP) is 4.20. The van der Waals surface area contributed by atoms with Crippen molar-refractivity contribution in [2.75, 3.05) is 12.4 Å². The third kappa shape index (κ3) is 4.15. The third-order valence-electron chi connectivity index (χ3n) is 4.21. The van der Waals surface area contributed by atoms with Crippen LogP contribution in [0, 0.1) is 0 Å².